The third kappa shape index (κ3) is 4.31. The number of H-pyrrole nitrogens is 1. The molecule has 2 aromatic rings. The van der Waals surface area contributed by atoms with Gasteiger partial charge in [0.2, 0.25) is 5.91 Å². The largest absolute Gasteiger partial charge is 0.383 e. The minimum Gasteiger partial charge on any atom is -0.383 e. The van der Waals surface area contributed by atoms with Crippen molar-refractivity contribution in [3.63, 3.8) is 0 Å². The zero-order valence-corrected chi connectivity index (χ0v) is 19.8. The molecule has 0 radical (unpaired) electrons. The second-order valence-corrected chi connectivity index (χ2v) is 10.7. The van der Waals surface area contributed by atoms with Crippen LogP contribution in [0.5, 0.6) is 0 Å². The first-order chi connectivity index (χ1) is 16.4. The van der Waals surface area contributed by atoms with Gasteiger partial charge in [0.05, 0.1) is 13.2 Å². The van der Waals surface area contributed by atoms with Gasteiger partial charge in [-0.1, -0.05) is 30.3 Å². The Balaban J connectivity index is 1.47. The highest BCUT2D eigenvalue weighted by Crippen LogP contribution is 2.61. The maximum Gasteiger partial charge on any atom is 0.330 e. The summed E-state index contributed by atoms with van der Waals surface area (Å²) in [5.41, 5.74) is 6.13. The fraction of sp³-hybridized carbons (Fsp3) is 0.577. The van der Waals surface area contributed by atoms with E-state index in [1.54, 1.807) is 7.11 Å². The molecule has 1 aromatic carbocycles. The number of aromatic nitrogens is 2. The van der Waals surface area contributed by atoms with Gasteiger partial charge in [0.1, 0.15) is 5.82 Å². The van der Waals surface area contributed by atoms with E-state index in [1.807, 2.05) is 30.3 Å². The number of nitrogens with two attached hydrogens (primary N) is 1. The van der Waals surface area contributed by atoms with Gasteiger partial charge in [0.15, 0.2) is 5.69 Å². The van der Waals surface area contributed by atoms with Crippen molar-refractivity contribution in [1.29, 1.82) is 0 Å². The first-order valence-electron chi connectivity index (χ1n) is 12.3. The Kier molecular flexibility index (Phi) is 6.10. The van der Waals surface area contributed by atoms with Crippen LogP contribution in [0.2, 0.25) is 0 Å². The fourth-order valence-corrected chi connectivity index (χ4v) is 7.23. The summed E-state index contributed by atoms with van der Waals surface area (Å²) in [5, 5.41) is 0. The molecule has 6 rings (SSSR count). The zero-order chi connectivity index (χ0) is 23.9. The van der Waals surface area contributed by atoms with Crippen molar-refractivity contribution < 1.29 is 9.53 Å². The number of rotatable bonds is 8. The number of aromatic amines is 1. The summed E-state index contributed by atoms with van der Waals surface area (Å²) in [7, 11) is 1.56. The van der Waals surface area contributed by atoms with Crippen LogP contribution in [-0.4, -0.2) is 35.7 Å². The highest BCUT2D eigenvalue weighted by molar-refractivity contribution is 5.96. The van der Waals surface area contributed by atoms with Crippen molar-refractivity contribution >= 4 is 17.4 Å². The Labute approximate surface area is 199 Å². The molecular formula is C26H34N4O4. The highest BCUT2D eigenvalue weighted by Gasteiger charge is 2.52. The van der Waals surface area contributed by atoms with Crippen molar-refractivity contribution in [3.8, 4) is 0 Å². The number of nitrogens with one attached hydrogen (secondary N) is 1. The van der Waals surface area contributed by atoms with E-state index in [0.717, 1.165) is 42.6 Å². The van der Waals surface area contributed by atoms with Gasteiger partial charge in [0, 0.05) is 20.1 Å². The Morgan fingerprint density at radius 2 is 1.74 bits per heavy atom. The number of methoxy groups -OCH3 is 1. The summed E-state index contributed by atoms with van der Waals surface area (Å²) in [6.07, 6.45) is 7.62. The Morgan fingerprint density at radius 3 is 2.32 bits per heavy atom. The zero-order valence-electron chi connectivity index (χ0n) is 19.8. The summed E-state index contributed by atoms with van der Waals surface area (Å²) in [5.74, 6) is 2.09. The third-order valence-corrected chi connectivity index (χ3v) is 8.18. The Morgan fingerprint density at radius 1 is 1.12 bits per heavy atom. The molecule has 4 saturated carbocycles. The number of nitrogens with zero attached hydrogens (tertiary/aromatic N) is 2. The van der Waals surface area contributed by atoms with E-state index in [-0.39, 0.29) is 42.5 Å². The summed E-state index contributed by atoms with van der Waals surface area (Å²) in [6.45, 7) is 0.679. The van der Waals surface area contributed by atoms with E-state index >= 15 is 0 Å². The van der Waals surface area contributed by atoms with Crippen LogP contribution in [-0.2, 0) is 16.1 Å². The van der Waals surface area contributed by atoms with Crippen molar-refractivity contribution in [3.05, 3.63) is 56.7 Å². The van der Waals surface area contributed by atoms with E-state index in [1.165, 1.54) is 28.7 Å². The van der Waals surface area contributed by atoms with E-state index < -0.39 is 11.2 Å². The van der Waals surface area contributed by atoms with Crippen LogP contribution < -0.4 is 21.9 Å². The van der Waals surface area contributed by atoms with Gasteiger partial charge in [-0.2, -0.15) is 0 Å². The van der Waals surface area contributed by atoms with Gasteiger partial charge in [-0.15, -0.1) is 0 Å². The molecule has 1 aromatic heterocycles. The smallest absolute Gasteiger partial charge is 0.330 e. The van der Waals surface area contributed by atoms with Crippen LogP contribution in [0.4, 0.5) is 11.5 Å². The number of anilines is 2. The van der Waals surface area contributed by atoms with E-state index in [9.17, 15) is 14.4 Å². The molecule has 4 aliphatic carbocycles. The molecule has 0 aliphatic heterocycles. The minimum atomic E-state index is -0.637. The number of carbonyl (C=O) groups is 1. The summed E-state index contributed by atoms with van der Waals surface area (Å²) in [4.78, 5) is 43.2. The van der Waals surface area contributed by atoms with Gasteiger partial charge in [-0.3, -0.25) is 19.1 Å². The molecule has 0 unspecified atom stereocenters. The number of amides is 1. The lowest BCUT2D eigenvalue weighted by molar-refractivity contribution is -0.127. The first kappa shape index (κ1) is 22.9. The molecule has 8 heteroatoms. The Bertz CT molecular complexity index is 1130. The number of ether oxygens (including phenoxy) is 1. The lowest BCUT2D eigenvalue weighted by Crippen LogP contribution is -2.49. The molecule has 0 spiro atoms. The lowest BCUT2D eigenvalue weighted by atomic mass is 9.49. The molecular weight excluding hydrogens is 432 g/mol. The number of benzene rings is 1. The predicted molar refractivity (Wildman–Crippen MR) is 131 cm³/mol. The average molecular weight is 467 g/mol. The molecule has 0 saturated heterocycles. The van der Waals surface area contributed by atoms with Crippen LogP contribution in [0.25, 0.3) is 0 Å². The van der Waals surface area contributed by atoms with Crippen molar-refractivity contribution in [2.75, 3.05) is 30.9 Å². The van der Waals surface area contributed by atoms with Crippen molar-refractivity contribution in [2.45, 2.75) is 51.5 Å². The minimum absolute atomic E-state index is 0.00701. The van der Waals surface area contributed by atoms with Crippen LogP contribution in [0.1, 0.15) is 50.5 Å². The molecule has 1 amide bonds. The Hall–Kier alpha value is -2.87. The molecule has 3 N–H and O–H groups in total. The summed E-state index contributed by atoms with van der Waals surface area (Å²) in [6, 6.07) is 9.42. The number of carbonyl (C=O) groups excluding carboxylic acids is 1. The second-order valence-electron chi connectivity index (χ2n) is 10.7. The average Bonchev–Trinajstić information content (AvgIpc) is 2.78. The molecule has 4 fully saturated rings. The molecule has 1 heterocycles. The third-order valence-electron chi connectivity index (χ3n) is 8.18. The van der Waals surface area contributed by atoms with E-state index in [2.05, 4.69) is 4.98 Å². The quantitative estimate of drug-likeness (QED) is 0.622. The van der Waals surface area contributed by atoms with Gasteiger partial charge < -0.3 is 15.4 Å². The van der Waals surface area contributed by atoms with Gasteiger partial charge in [-0.25, -0.2) is 4.79 Å². The van der Waals surface area contributed by atoms with Crippen molar-refractivity contribution in [1.82, 2.24) is 9.55 Å². The van der Waals surface area contributed by atoms with Gasteiger partial charge in [0.25, 0.3) is 5.56 Å². The van der Waals surface area contributed by atoms with Crippen LogP contribution in [0.3, 0.4) is 0 Å². The molecule has 4 aliphatic rings. The molecule has 4 bridgehead atoms. The molecule has 182 valence electrons. The van der Waals surface area contributed by atoms with E-state index in [0.29, 0.717) is 6.42 Å². The SMILES string of the molecule is COCCN(C(=O)CC12CC3CC(CC(C3)C1)C2)c1c(N)n(Cc2ccccc2)c(=O)[nH]c1=O. The molecule has 34 heavy (non-hydrogen) atoms. The van der Waals surface area contributed by atoms with Gasteiger partial charge >= 0.3 is 5.69 Å². The molecule has 8 nitrogen and oxygen atoms in total. The monoisotopic (exact) mass is 466 g/mol. The standard InChI is InChI=1S/C26H34N4O4/c1-34-8-7-29(21(31)15-26-12-18-9-19(13-26)11-20(10-18)14-26)22-23(27)30(25(33)28-24(22)32)16-17-5-3-2-4-6-17/h2-6,18-20H,7-16,27H2,1H3,(H,28,32,33). The van der Waals surface area contributed by atoms with E-state index in [4.69, 9.17) is 10.5 Å². The fourth-order valence-electron chi connectivity index (χ4n) is 7.23. The van der Waals surface area contributed by atoms with Crippen LogP contribution in [0.15, 0.2) is 39.9 Å². The van der Waals surface area contributed by atoms with Gasteiger partial charge in [-0.05, 0) is 67.3 Å². The summed E-state index contributed by atoms with van der Waals surface area (Å²) < 4.78 is 6.57. The number of hydrogen-bond acceptors (Lipinski definition) is 5. The first-order valence-corrected chi connectivity index (χ1v) is 12.3. The van der Waals surface area contributed by atoms with Crippen LogP contribution in [0, 0.1) is 23.2 Å². The van der Waals surface area contributed by atoms with Crippen LogP contribution >= 0.6 is 0 Å². The normalized spacial score (nSPS) is 27.1. The maximum absolute atomic E-state index is 13.8. The maximum atomic E-state index is 13.8. The lowest BCUT2D eigenvalue weighted by Gasteiger charge is -2.57. The molecule has 0 atom stereocenters. The highest BCUT2D eigenvalue weighted by atomic mass is 16.5. The second kappa shape index (κ2) is 9.06. The topological polar surface area (TPSA) is 110 Å². The number of hydrogen-bond donors (Lipinski definition) is 2. The van der Waals surface area contributed by atoms with Crippen molar-refractivity contribution in [2.24, 2.45) is 23.2 Å². The number of nitrogen functional groups attached to an aromatic ring is 1. The summed E-state index contributed by atoms with van der Waals surface area (Å²) >= 11 is 0. The predicted octanol–water partition coefficient (Wildman–Crippen LogP) is 2.75.